The standard InChI is InChI=1S/C6H10O3/c1-4-5(8-2)6(7)9-3/h4H,1-3H3. The van der Waals surface area contributed by atoms with E-state index in [2.05, 4.69) is 9.47 Å². The smallest absolute Gasteiger partial charge is 0.372 e. The maximum Gasteiger partial charge on any atom is 0.372 e. The Bertz CT molecular complexity index is 126. The zero-order valence-electron chi connectivity index (χ0n) is 5.80. The summed E-state index contributed by atoms with van der Waals surface area (Å²) in [6.45, 7) is 1.70. The molecule has 0 saturated carbocycles. The second-order valence-corrected chi connectivity index (χ2v) is 1.35. The summed E-state index contributed by atoms with van der Waals surface area (Å²) in [7, 11) is 2.73. The van der Waals surface area contributed by atoms with Crippen LogP contribution in [0, 0.1) is 0 Å². The zero-order chi connectivity index (χ0) is 7.28. The van der Waals surface area contributed by atoms with E-state index in [-0.39, 0.29) is 5.76 Å². The minimum absolute atomic E-state index is 0.234. The number of hydrogen-bond acceptors (Lipinski definition) is 3. The fraction of sp³-hybridized carbons (Fsp3) is 0.500. The molecule has 0 amide bonds. The summed E-state index contributed by atoms with van der Waals surface area (Å²) in [4.78, 5) is 10.6. The van der Waals surface area contributed by atoms with Crippen LogP contribution in [0.5, 0.6) is 0 Å². The Morgan fingerprint density at radius 2 is 1.89 bits per heavy atom. The Hall–Kier alpha value is -0.990. The summed E-state index contributed by atoms with van der Waals surface area (Å²) >= 11 is 0. The molecule has 0 spiro atoms. The van der Waals surface area contributed by atoms with Crippen LogP contribution in [-0.4, -0.2) is 20.2 Å². The van der Waals surface area contributed by atoms with E-state index in [0.717, 1.165) is 0 Å². The summed E-state index contributed by atoms with van der Waals surface area (Å²) in [5, 5.41) is 0. The molecule has 0 aromatic carbocycles. The molecule has 0 atom stereocenters. The molecular formula is C6H10O3. The lowest BCUT2D eigenvalue weighted by Gasteiger charge is -2.00. The predicted octanol–water partition coefficient (Wildman–Crippen LogP) is 0.710. The van der Waals surface area contributed by atoms with Gasteiger partial charge in [-0.25, -0.2) is 4.79 Å². The predicted molar refractivity (Wildman–Crippen MR) is 32.8 cm³/mol. The van der Waals surface area contributed by atoms with Crippen LogP contribution < -0.4 is 0 Å². The van der Waals surface area contributed by atoms with Crippen LogP contribution >= 0.6 is 0 Å². The van der Waals surface area contributed by atoms with Crippen molar-refractivity contribution in [2.24, 2.45) is 0 Å². The Morgan fingerprint density at radius 3 is 2.00 bits per heavy atom. The zero-order valence-corrected chi connectivity index (χ0v) is 5.80. The lowest BCUT2D eigenvalue weighted by Crippen LogP contribution is -2.05. The topological polar surface area (TPSA) is 35.5 Å². The number of esters is 1. The fourth-order valence-electron chi connectivity index (χ4n) is 0.420. The summed E-state index contributed by atoms with van der Waals surface area (Å²) in [5.41, 5.74) is 0. The van der Waals surface area contributed by atoms with Gasteiger partial charge in [0.05, 0.1) is 14.2 Å². The summed E-state index contributed by atoms with van der Waals surface area (Å²) in [6.07, 6.45) is 1.55. The molecule has 0 radical (unpaired) electrons. The van der Waals surface area contributed by atoms with Crippen LogP contribution in [-0.2, 0) is 14.3 Å². The lowest BCUT2D eigenvalue weighted by atomic mass is 10.5. The number of allylic oxidation sites excluding steroid dienone is 1. The lowest BCUT2D eigenvalue weighted by molar-refractivity contribution is -0.139. The molecule has 0 aliphatic heterocycles. The molecule has 0 aliphatic rings. The number of hydrogen-bond donors (Lipinski definition) is 0. The highest BCUT2D eigenvalue weighted by Gasteiger charge is 2.05. The number of rotatable bonds is 2. The average Bonchev–Trinajstić information content (AvgIpc) is 1.90. The second kappa shape index (κ2) is 3.95. The molecule has 0 fully saturated rings. The van der Waals surface area contributed by atoms with Gasteiger partial charge in [0.2, 0.25) is 0 Å². The van der Waals surface area contributed by atoms with E-state index in [0.29, 0.717) is 0 Å². The van der Waals surface area contributed by atoms with Crippen molar-refractivity contribution < 1.29 is 14.3 Å². The molecule has 0 rings (SSSR count). The van der Waals surface area contributed by atoms with Crippen LogP contribution in [0.3, 0.4) is 0 Å². The van der Waals surface area contributed by atoms with Gasteiger partial charge in [-0.3, -0.25) is 0 Å². The molecule has 0 aromatic rings. The average molecular weight is 130 g/mol. The molecule has 52 valence electrons. The first-order valence-corrected chi connectivity index (χ1v) is 2.54. The minimum Gasteiger partial charge on any atom is -0.490 e. The third kappa shape index (κ3) is 2.17. The van der Waals surface area contributed by atoms with Gasteiger partial charge in [0.25, 0.3) is 0 Å². The maximum absolute atomic E-state index is 10.6. The molecule has 3 heteroatoms. The number of ether oxygens (including phenoxy) is 2. The fourth-order valence-corrected chi connectivity index (χ4v) is 0.420. The van der Waals surface area contributed by atoms with Crippen LogP contribution in [0.25, 0.3) is 0 Å². The van der Waals surface area contributed by atoms with Gasteiger partial charge in [0, 0.05) is 0 Å². The van der Waals surface area contributed by atoms with E-state index < -0.39 is 5.97 Å². The molecule has 0 unspecified atom stereocenters. The first-order valence-electron chi connectivity index (χ1n) is 2.54. The molecule has 0 N–H and O–H groups in total. The highest BCUT2D eigenvalue weighted by molar-refractivity contribution is 5.85. The Labute approximate surface area is 54.3 Å². The molecule has 0 bridgehead atoms. The van der Waals surface area contributed by atoms with Crippen LogP contribution in [0.4, 0.5) is 0 Å². The van der Waals surface area contributed by atoms with Gasteiger partial charge in [-0.2, -0.15) is 0 Å². The van der Waals surface area contributed by atoms with Gasteiger partial charge in [0.1, 0.15) is 0 Å². The normalized spacial score (nSPS) is 10.8. The monoisotopic (exact) mass is 130 g/mol. The molecule has 0 aliphatic carbocycles. The van der Waals surface area contributed by atoms with Crippen molar-refractivity contribution in [1.29, 1.82) is 0 Å². The minimum atomic E-state index is -0.444. The van der Waals surface area contributed by atoms with Gasteiger partial charge in [-0.15, -0.1) is 0 Å². The molecule has 0 heterocycles. The van der Waals surface area contributed by atoms with Gasteiger partial charge >= 0.3 is 5.97 Å². The van der Waals surface area contributed by atoms with Gasteiger partial charge in [-0.05, 0) is 13.0 Å². The first-order chi connectivity index (χ1) is 4.26. The van der Waals surface area contributed by atoms with Crippen molar-refractivity contribution in [1.82, 2.24) is 0 Å². The second-order valence-electron chi connectivity index (χ2n) is 1.35. The van der Waals surface area contributed by atoms with Gasteiger partial charge in [-0.1, -0.05) is 0 Å². The van der Waals surface area contributed by atoms with Crippen LogP contribution in [0.1, 0.15) is 6.92 Å². The Kier molecular flexibility index (Phi) is 3.51. The largest absolute Gasteiger partial charge is 0.490 e. The Morgan fingerprint density at radius 1 is 1.33 bits per heavy atom. The third-order valence-electron chi connectivity index (χ3n) is 0.869. The van der Waals surface area contributed by atoms with E-state index in [1.807, 2.05) is 0 Å². The van der Waals surface area contributed by atoms with Crippen LogP contribution in [0.2, 0.25) is 0 Å². The molecule has 0 saturated heterocycles. The molecule has 9 heavy (non-hydrogen) atoms. The van der Waals surface area contributed by atoms with E-state index in [9.17, 15) is 4.79 Å². The van der Waals surface area contributed by atoms with Crippen molar-refractivity contribution in [2.45, 2.75) is 6.92 Å². The van der Waals surface area contributed by atoms with Crippen molar-refractivity contribution in [3.63, 3.8) is 0 Å². The molecular weight excluding hydrogens is 120 g/mol. The van der Waals surface area contributed by atoms with E-state index in [4.69, 9.17) is 0 Å². The maximum atomic E-state index is 10.6. The summed E-state index contributed by atoms with van der Waals surface area (Å²) in [6, 6.07) is 0. The van der Waals surface area contributed by atoms with Crippen molar-refractivity contribution in [2.75, 3.05) is 14.2 Å². The quantitative estimate of drug-likeness (QED) is 0.314. The highest BCUT2D eigenvalue weighted by atomic mass is 16.6. The van der Waals surface area contributed by atoms with E-state index in [1.54, 1.807) is 13.0 Å². The SMILES string of the molecule is CC=C(OC)C(=O)OC. The summed E-state index contributed by atoms with van der Waals surface area (Å²) < 4.78 is 9.00. The highest BCUT2D eigenvalue weighted by Crippen LogP contribution is 1.95. The first kappa shape index (κ1) is 8.01. The molecule has 3 nitrogen and oxygen atoms in total. The number of methoxy groups -OCH3 is 2. The van der Waals surface area contributed by atoms with Crippen molar-refractivity contribution >= 4 is 5.97 Å². The van der Waals surface area contributed by atoms with E-state index >= 15 is 0 Å². The van der Waals surface area contributed by atoms with Gasteiger partial charge in [0.15, 0.2) is 5.76 Å². The number of carbonyl (C=O) groups is 1. The summed E-state index contributed by atoms with van der Waals surface area (Å²) in [5.74, 6) is -0.211. The third-order valence-corrected chi connectivity index (χ3v) is 0.869. The van der Waals surface area contributed by atoms with Gasteiger partial charge < -0.3 is 9.47 Å². The molecule has 0 aromatic heterocycles. The van der Waals surface area contributed by atoms with E-state index in [1.165, 1.54) is 14.2 Å². The van der Waals surface area contributed by atoms with Crippen molar-refractivity contribution in [3.05, 3.63) is 11.8 Å². The van der Waals surface area contributed by atoms with Crippen molar-refractivity contribution in [3.8, 4) is 0 Å². The van der Waals surface area contributed by atoms with Crippen LogP contribution in [0.15, 0.2) is 11.8 Å². The Balaban J connectivity index is 3.97. The number of carbonyl (C=O) groups excluding carboxylic acids is 1.